The molecule has 5 rings (SSSR count). The molecular formula is C17H13N5O5S. The Morgan fingerprint density at radius 1 is 1.32 bits per heavy atom. The zero-order chi connectivity index (χ0) is 19.5. The minimum absolute atomic E-state index is 0.201. The number of carboxylic acid groups (broad SMARTS) is 1. The van der Waals surface area contributed by atoms with Crippen LogP contribution in [0.25, 0.3) is 16.2 Å². The number of nitrogens with one attached hydrogen (secondary N) is 1. The number of amides is 1. The first-order valence-corrected chi connectivity index (χ1v) is 9.23. The maximum atomic E-state index is 12.6. The second-order valence-electron chi connectivity index (χ2n) is 6.74. The molecule has 0 bridgehead atoms. The van der Waals surface area contributed by atoms with Crippen LogP contribution in [0.5, 0.6) is 0 Å². The van der Waals surface area contributed by atoms with Gasteiger partial charge in [0.2, 0.25) is 5.43 Å². The Balaban J connectivity index is 1.60. The Morgan fingerprint density at radius 2 is 2.14 bits per heavy atom. The summed E-state index contributed by atoms with van der Waals surface area (Å²) in [5, 5.41) is 14.6. The number of nitrogens with zero attached hydrogens (tertiary/aromatic N) is 4. The maximum absolute atomic E-state index is 12.6. The van der Waals surface area contributed by atoms with Crippen molar-refractivity contribution in [2.45, 2.75) is 5.54 Å². The van der Waals surface area contributed by atoms with Gasteiger partial charge in [0.25, 0.3) is 0 Å². The zero-order valence-electron chi connectivity index (χ0n) is 14.3. The molecule has 0 atom stereocenters. The molecule has 5 heterocycles. The molecule has 0 unspecified atom stereocenters. The molecule has 0 aromatic carbocycles. The Morgan fingerprint density at radius 3 is 2.79 bits per heavy atom. The molecule has 2 aliphatic rings. The number of cyclic esters (lactones) is 1. The minimum Gasteiger partial charge on any atom is -0.477 e. The van der Waals surface area contributed by atoms with Crippen molar-refractivity contribution >= 4 is 40.3 Å². The Kier molecular flexibility index (Phi) is 3.43. The topological polar surface area (TPSA) is 127 Å². The first-order valence-electron chi connectivity index (χ1n) is 8.35. The molecule has 2 saturated heterocycles. The SMILES string of the molecule is O=C1NC2(CO1)CN(c1ccc3c(=O)c(C(=O)O)cn(-c4nccs4)c3n1)C2. The van der Waals surface area contributed by atoms with E-state index in [-0.39, 0.29) is 10.9 Å². The highest BCUT2D eigenvalue weighted by atomic mass is 32.1. The normalized spacial score (nSPS) is 17.4. The summed E-state index contributed by atoms with van der Waals surface area (Å²) >= 11 is 1.31. The number of alkyl carbamates (subject to hydrolysis) is 1. The van der Waals surface area contributed by atoms with Crippen LogP contribution in [0.1, 0.15) is 10.4 Å². The molecule has 142 valence electrons. The van der Waals surface area contributed by atoms with E-state index in [1.54, 1.807) is 23.7 Å². The van der Waals surface area contributed by atoms with Gasteiger partial charge in [-0.05, 0) is 12.1 Å². The van der Waals surface area contributed by atoms with E-state index in [0.29, 0.717) is 36.3 Å². The van der Waals surface area contributed by atoms with Gasteiger partial charge in [0.05, 0.1) is 5.39 Å². The summed E-state index contributed by atoms with van der Waals surface area (Å²) < 4.78 is 6.50. The van der Waals surface area contributed by atoms with Crippen molar-refractivity contribution in [3.05, 3.63) is 45.7 Å². The number of pyridine rings is 2. The molecular weight excluding hydrogens is 386 g/mol. The van der Waals surface area contributed by atoms with Crippen LogP contribution in [-0.2, 0) is 4.74 Å². The molecule has 1 amide bonds. The molecule has 10 nitrogen and oxygen atoms in total. The maximum Gasteiger partial charge on any atom is 0.407 e. The van der Waals surface area contributed by atoms with Crippen LogP contribution in [0.15, 0.2) is 34.7 Å². The van der Waals surface area contributed by atoms with E-state index >= 15 is 0 Å². The van der Waals surface area contributed by atoms with Crippen LogP contribution in [0, 0.1) is 0 Å². The van der Waals surface area contributed by atoms with E-state index in [4.69, 9.17) is 4.74 Å². The number of carbonyl (C=O) groups is 2. The number of hydrogen-bond acceptors (Lipinski definition) is 8. The van der Waals surface area contributed by atoms with Crippen molar-refractivity contribution in [1.82, 2.24) is 19.9 Å². The van der Waals surface area contributed by atoms with E-state index in [9.17, 15) is 19.5 Å². The van der Waals surface area contributed by atoms with Gasteiger partial charge in [-0.25, -0.2) is 19.6 Å². The summed E-state index contributed by atoms with van der Waals surface area (Å²) in [5.74, 6) is -0.685. The molecule has 1 spiro atoms. The van der Waals surface area contributed by atoms with E-state index in [1.807, 2.05) is 4.90 Å². The Labute approximate surface area is 161 Å². The average molecular weight is 399 g/mol. The lowest BCUT2D eigenvalue weighted by Gasteiger charge is -2.46. The lowest BCUT2D eigenvalue weighted by atomic mass is 9.91. The largest absolute Gasteiger partial charge is 0.477 e. The van der Waals surface area contributed by atoms with Crippen molar-refractivity contribution < 1.29 is 19.4 Å². The molecule has 3 aromatic heterocycles. The number of hydrogen-bond donors (Lipinski definition) is 2. The van der Waals surface area contributed by atoms with E-state index in [1.165, 1.54) is 22.1 Å². The predicted molar refractivity (Wildman–Crippen MR) is 99.4 cm³/mol. The fraction of sp³-hybridized carbons (Fsp3) is 0.235. The summed E-state index contributed by atoms with van der Waals surface area (Å²) in [5.41, 5.74) is -1.01. The number of thiazole rings is 1. The summed E-state index contributed by atoms with van der Waals surface area (Å²) in [6, 6.07) is 3.25. The Hall–Kier alpha value is -3.47. The number of ether oxygens (including phenoxy) is 1. The smallest absolute Gasteiger partial charge is 0.407 e. The van der Waals surface area contributed by atoms with Gasteiger partial charge in [0.15, 0.2) is 10.8 Å². The van der Waals surface area contributed by atoms with Crippen LogP contribution < -0.4 is 15.6 Å². The number of carbonyl (C=O) groups excluding carboxylic acids is 1. The molecule has 0 saturated carbocycles. The molecule has 11 heteroatoms. The van der Waals surface area contributed by atoms with Gasteiger partial charge in [-0.1, -0.05) is 0 Å². The van der Waals surface area contributed by atoms with Crippen molar-refractivity contribution in [2.24, 2.45) is 0 Å². The van der Waals surface area contributed by atoms with E-state index in [2.05, 4.69) is 15.3 Å². The Bertz CT molecular complexity index is 1180. The van der Waals surface area contributed by atoms with Gasteiger partial charge in [0.1, 0.15) is 23.5 Å². The predicted octanol–water partition coefficient (Wildman–Crippen LogP) is 0.839. The summed E-state index contributed by atoms with van der Waals surface area (Å²) in [4.78, 5) is 46.1. The summed E-state index contributed by atoms with van der Waals surface area (Å²) in [7, 11) is 0. The third-order valence-corrected chi connectivity index (χ3v) is 5.62. The number of carboxylic acids is 1. The van der Waals surface area contributed by atoms with E-state index in [0.717, 1.165) is 0 Å². The molecule has 2 N–H and O–H groups in total. The van der Waals surface area contributed by atoms with Gasteiger partial charge in [-0.2, -0.15) is 0 Å². The van der Waals surface area contributed by atoms with Crippen molar-refractivity contribution in [2.75, 3.05) is 24.6 Å². The van der Waals surface area contributed by atoms with Gasteiger partial charge < -0.3 is 20.1 Å². The van der Waals surface area contributed by atoms with E-state index < -0.39 is 23.0 Å². The standard InChI is InChI=1S/C17H13N5O5S/c23-12-9-1-2-11(21-6-17(7-21)8-27-16(26)20-17)19-13(9)22(5-10(12)14(24)25)15-18-3-4-28-15/h1-5H,6-8H2,(H,20,26)(H,24,25). The fourth-order valence-corrected chi connectivity index (χ4v) is 4.13. The van der Waals surface area contributed by atoms with Crippen LogP contribution in [0.2, 0.25) is 0 Å². The molecule has 0 aliphatic carbocycles. The second-order valence-corrected chi connectivity index (χ2v) is 7.61. The lowest BCUT2D eigenvalue weighted by Crippen LogP contribution is -2.69. The number of anilines is 1. The first kappa shape index (κ1) is 16.7. The van der Waals surface area contributed by atoms with Gasteiger partial charge >= 0.3 is 12.1 Å². The van der Waals surface area contributed by atoms with Crippen LogP contribution >= 0.6 is 11.3 Å². The highest BCUT2D eigenvalue weighted by Gasteiger charge is 2.50. The summed E-state index contributed by atoms with van der Waals surface area (Å²) in [6.45, 7) is 1.37. The van der Waals surface area contributed by atoms with Crippen molar-refractivity contribution in [1.29, 1.82) is 0 Å². The number of aromatic nitrogens is 3. The zero-order valence-corrected chi connectivity index (χ0v) is 15.1. The quantitative estimate of drug-likeness (QED) is 0.663. The van der Waals surface area contributed by atoms with Crippen molar-refractivity contribution in [3.8, 4) is 5.13 Å². The molecule has 28 heavy (non-hydrogen) atoms. The van der Waals surface area contributed by atoms with Crippen LogP contribution in [-0.4, -0.2) is 56.9 Å². The van der Waals surface area contributed by atoms with Gasteiger partial charge in [-0.15, -0.1) is 11.3 Å². The molecule has 0 radical (unpaired) electrons. The monoisotopic (exact) mass is 399 g/mol. The number of fused-ring (bicyclic) bond motifs is 1. The number of aromatic carboxylic acids is 1. The lowest BCUT2D eigenvalue weighted by molar-refractivity contribution is 0.0695. The highest BCUT2D eigenvalue weighted by Crippen LogP contribution is 2.30. The van der Waals surface area contributed by atoms with Crippen molar-refractivity contribution in [3.63, 3.8) is 0 Å². The first-order chi connectivity index (χ1) is 13.5. The summed E-state index contributed by atoms with van der Waals surface area (Å²) in [6.07, 6.45) is 2.42. The third kappa shape index (κ3) is 2.43. The highest BCUT2D eigenvalue weighted by molar-refractivity contribution is 7.12. The van der Waals surface area contributed by atoms with Crippen LogP contribution in [0.4, 0.5) is 10.6 Å². The average Bonchev–Trinajstić information content (AvgIpc) is 3.30. The van der Waals surface area contributed by atoms with Crippen LogP contribution in [0.3, 0.4) is 0 Å². The molecule has 3 aromatic rings. The van der Waals surface area contributed by atoms with Gasteiger partial charge in [0, 0.05) is 30.9 Å². The fourth-order valence-electron chi connectivity index (χ4n) is 3.51. The number of rotatable bonds is 3. The molecule has 2 fully saturated rings. The minimum atomic E-state index is -1.30. The second kappa shape index (κ2) is 5.76. The molecule has 2 aliphatic heterocycles. The van der Waals surface area contributed by atoms with Gasteiger partial charge in [-0.3, -0.25) is 9.36 Å². The third-order valence-electron chi connectivity index (χ3n) is 4.85.